The number of benzene rings is 1. The lowest BCUT2D eigenvalue weighted by atomic mass is 9.85. The Balaban J connectivity index is 1.67. The molecule has 4 N–H and O–H groups in total. The van der Waals surface area contributed by atoms with Gasteiger partial charge in [0, 0.05) is 34.6 Å². The highest BCUT2D eigenvalue weighted by atomic mass is 16.2. The zero-order valence-electron chi connectivity index (χ0n) is 11.8. The minimum absolute atomic E-state index is 0.0359. The number of hydrogen-bond donors (Lipinski definition) is 3. The van der Waals surface area contributed by atoms with Crippen molar-refractivity contribution in [1.82, 2.24) is 10.3 Å². The third kappa shape index (κ3) is 2.77. The Labute approximate surface area is 122 Å². The van der Waals surface area contributed by atoms with Crippen LogP contribution in [0.5, 0.6) is 0 Å². The van der Waals surface area contributed by atoms with Gasteiger partial charge in [0.2, 0.25) is 5.91 Å². The molecule has 0 bridgehead atoms. The van der Waals surface area contributed by atoms with E-state index in [-0.39, 0.29) is 23.8 Å². The Morgan fingerprint density at radius 2 is 1.90 bits per heavy atom. The zero-order valence-corrected chi connectivity index (χ0v) is 11.8. The van der Waals surface area contributed by atoms with Crippen molar-refractivity contribution in [3.05, 3.63) is 36.0 Å². The van der Waals surface area contributed by atoms with E-state index in [0.29, 0.717) is 5.56 Å². The maximum absolute atomic E-state index is 12.4. The van der Waals surface area contributed by atoms with Gasteiger partial charge in [-0.05, 0) is 43.9 Å². The first-order valence-electron chi connectivity index (χ1n) is 7.31. The molecule has 1 aliphatic rings. The number of hydrogen-bond acceptors (Lipinski definition) is 2. The summed E-state index contributed by atoms with van der Waals surface area (Å²) in [6.07, 6.45) is 4.97. The number of carbonyl (C=O) groups is 2. The Morgan fingerprint density at radius 3 is 2.62 bits per heavy atom. The van der Waals surface area contributed by atoms with E-state index < -0.39 is 0 Å². The number of primary amides is 1. The summed E-state index contributed by atoms with van der Waals surface area (Å²) in [7, 11) is 0. The molecule has 0 atom stereocenters. The first-order valence-corrected chi connectivity index (χ1v) is 7.31. The molecule has 0 unspecified atom stereocenters. The number of aromatic amines is 1. The molecule has 0 saturated heterocycles. The fourth-order valence-corrected chi connectivity index (χ4v) is 3.07. The number of H-pyrrole nitrogens is 1. The molecule has 1 aromatic carbocycles. The third-order valence-corrected chi connectivity index (χ3v) is 4.30. The summed E-state index contributed by atoms with van der Waals surface area (Å²) < 4.78 is 0. The second-order valence-corrected chi connectivity index (χ2v) is 5.67. The molecule has 2 aromatic rings. The van der Waals surface area contributed by atoms with Gasteiger partial charge >= 0.3 is 0 Å². The number of fused-ring (bicyclic) bond motifs is 1. The second-order valence-electron chi connectivity index (χ2n) is 5.67. The van der Waals surface area contributed by atoms with Crippen molar-refractivity contribution >= 4 is 22.7 Å². The van der Waals surface area contributed by atoms with Gasteiger partial charge in [-0.2, -0.15) is 0 Å². The average Bonchev–Trinajstić information content (AvgIpc) is 2.96. The van der Waals surface area contributed by atoms with Crippen LogP contribution in [-0.2, 0) is 4.79 Å². The van der Waals surface area contributed by atoms with Crippen LogP contribution in [0.1, 0.15) is 36.0 Å². The Hall–Kier alpha value is -2.30. The highest BCUT2D eigenvalue weighted by Gasteiger charge is 2.26. The minimum Gasteiger partial charge on any atom is -0.369 e. The average molecular weight is 285 g/mol. The quantitative estimate of drug-likeness (QED) is 0.804. The topological polar surface area (TPSA) is 88.0 Å². The normalized spacial score (nSPS) is 22.1. The highest BCUT2D eigenvalue weighted by molar-refractivity contribution is 6.06. The van der Waals surface area contributed by atoms with Crippen LogP contribution in [0.4, 0.5) is 0 Å². The maximum Gasteiger partial charge on any atom is 0.252 e. The van der Waals surface area contributed by atoms with Crippen LogP contribution in [0.15, 0.2) is 30.5 Å². The summed E-state index contributed by atoms with van der Waals surface area (Å²) in [4.78, 5) is 26.7. The smallest absolute Gasteiger partial charge is 0.252 e. The molecule has 5 heteroatoms. The lowest BCUT2D eigenvalue weighted by molar-refractivity contribution is -0.122. The van der Waals surface area contributed by atoms with Crippen LogP contribution in [0, 0.1) is 5.92 Å². The van der Waals surface area contributed by atoms with Gasteiger partial charge in [0.05, 0.1) is 0 Å². The number of carbonyl (C=O) groups excluding carboxylic acids is 2. The predicted molar refractivity (Wildman–Crippen MR) is 80.7 cm³/mol. The molecular weight excluding hydrogens is 266 g/mol. The Kier molecular flexibility index (Phi) is 3.64. The van der Waals surface area contributed by atoms with Crippen LogP contribution in [-0.4, -0.2) is 22.8 Å². The van der Waals surface area contributed by atoms with Gasteiger partial charge in [0.1, 0.15) is 0 Å². The van der Waals surface area contributed by atoms with Gasteiger partial charge in [0.15, 0.2) is 0 Å². The molecular formula is C16H19N3O2. The molecule has 21 heavy (non-hydrogen) atoms. The highest BCUT2D eigenvalue weighted by Crippen LogP contribution is 2.25. The summed E-state index contributed by atoms with van der Waals surface area (Å²) >= 11 is 0. The molecule has 0 radical (unpaired) electrons. The Bertz CT molecular complexity index is 669. The number of aromatic nitrogens is 1. The van der Waals surface area contributed by atoms with Crippen LogP contribution >= 0.6 is 0 Å². The van der Waals surface area contributed by atoms with E-state index >= 15 is 0 Å². The van der Waals surface area contributed by atoms with Crippen molar-refractivity contribution in [3.8, 4) is 0 Å². The molecule has 1 aromatic heterocycles. The maximum atomic E-state index is 12.4. The largest absolute Gasteiger partial charge is 0.369 e. The van der Waals surface area contributed by atoms with E-state index in [9.17, 15) is 9.59 Å². The summed E-state index contributed by atoms with van der Waals surface area (Å²) in [5.74, 6) is -0.314. The van der Waals surface area contributed by atoms with Crippen molar-refractivity contribution < 1.29 is 9.59 Å². The van der Waals surface area contributed by atoms with Crippen molar-refractivity contribution in [1.29, 1.82) is 0 Å². The van der Waals surface area contributed by atoms with E-state index in [0.717, 1.165) is 36.6 Å². The molecule has 0 aliphatic heterocycles. The third-order valence-electron chi connectivity index (χ3n) is 4.30. The Morgan fingerprint density at radius 1 is 1.14 bits per heavy atom. The lowest BCUT2D eigenvalue weighted by Gasteiger charge is -2.27. The van der Waals surface area contributed by atoms with E-state index in [4.69, 9.17) is 5.73 Å². The van der Waals surface area contributed by atoms with Crippen LogP contribution in [0.25, 0.3) is 10.9 Å². The summed E-state index contributed by atoms with van der Waals surface area (Å²) in [6.45, 7) is 0. The minimum atomic E-state index is -0.225. The molecule has 1 aliphatic carbocycles. The van der Waals surface area contributed by atoms with Crippen molar-refractivity contribution in [2.75, 3.05) is 0 Å². The monoisotopic (exact) mass is 285 g/mol. The fraction of sp³-hybridized carbons (Fsp3) is 0.375. The van der Waals surface area contributed by atoms with Gasteiger partial charge < -0.3 is 16.0 Å². The predicted octanol–water partition coefficient (Wildman–Crippen LogP) is 1.94. The van der Waals surface area contributed by atoms with E-state index in [1.807, 2.05) is 30.5 Å². The van der Waals surface area contributed by atoms with Gasteiger partial charge in [0.25, 0.3) is 5.91 Å². The van der Waals surface area contributed by atoms with E-state index in [2.05, 4.69) is 10.3 Å². The van der Waals surface area contributed by atoms with E-state index in [1.165, 1.54) is 0 Å². The number of amides is 2. The molecule has 5 nitrogen and oxygen atoms in total. The van der Waals surface area contributed by atoms with Crippen molar-refractivity contribution in [2.45, 2.75) is 31.7 Å². The van der Waals surface area contributed by atoms with Crippen LogP contribution < -0.4 is 11.1 Å². The van der Waals surface area contributed by atoms with Gasteiger partial charge in [-0.1, -0.05) is 6.07 Å². The zero-order chi connectivity index (χ0) is 14.8. The van der Waals surface area contributed by atoms with Crippen molar-refractivity contribution in [2.24, 2.45) is 11.7 Å². The van der Waals surface area contributed by atoms with Crippen LogP contribution in [0.2, 0.25) is 0 Å². The molecule has 110 valence electrons. The molecule has 3 rings (SSSR count). The first kappa shape index (κ1) is 13.7. The van der Waals surface area contributed by atoms with Gasteiger partial charge in [-0.25, -0.2) is 0 Å². The SMILES string of the molecule is NC(=O)C1CCC(NC(=O)c2cccc3[nH]ccc23)CC1. The molecule has 1 heterocycles. The van der Waals surface area contributed by atoms with Gasteiger partial charge in [-0.15, -0.1) is 0 Å². The summed E-state index contributed by atoms with van der Waals surface area (Å²) in [5, 5.41) is 4.00. The molecule has 2 amide bonds. The summed E-state index contributed by atoms with van der Waals surface area (Å²) in [5.41, 5.74) is 6.97. The summed E-state index contributed by atoms with van der Waals surface area (Å²) in [6, 6.07) is 7.69. The first-order chi connectivity index (χ1) is 10.1. The number of nitrogens with one attached hydrogen (secondary N) is 2. The van der Waals surface area contributed by atoms with Gasteiger partial charge in [-0.3, -0.25) is 9.59 Å². The van der Waals surface area contributed by atoms with Crippen molar-refractivity contribution in [3.63, 3.8) is 0 Å². The second kappa shape index (κ2) is 5.60. The standard InChI is InChI=1S/C16H19N3O2/c17-15(20)10-4-6-11(7-5-10)19-16(21)13-2-1-3-14-12(13)8-9-18-14/h1-3,8-11,18H,4-7H2,(H2,17,20)(H,19,21). The van der Waals surface area contributed by atoms with Crippen LogP contribution in [0.3, 0.4) is 0 Å². The molecule has 0 spiro atoms. The lowest BCUT2D eigenvalue weighted by Crippen LogP contribution is -2.39. The molecule has 1 saturated carbocycles. The number of rotatable bonds is 3. The molecule has 1 fully saturated rings. The number of nitrogens with two attached hydrogens (primary N) is 1. The fourth-order valence-electron chi connectivity index (χ4n) is 3.07. The van der Waals surface area contributed by atoms with E-state index in [1.54, 1.807) is 0 Å².